The summed E-state index contributed by atoms with van der Waals surface area (Å²) in [7, 11) is 3.27. The second-order valence-electron chi connectivity index (χ2n) is 7.17. The molecule has 2 N–H and O–H groups in total. The van der Waals surface area contributed by atoms with Crippen LogP contribution in [-0.4, -0.2) is 71.2 Å². The number of carbonyl (C=O) groups excluding carboxylic acids is 2. The molecule has 0 spiro atoms. The molecule has 0 saturated carbocycles. The third kappa shape index (κ3) is 4.73. The number of rotatable bonds is 5. The van der Waals surface area contributed by atoms with Gasteiger partial charge in [-0.1, -0.05) is 0 Å². The molecule has 2 amide bonds. The quantitative estimate of drug-likeness (QED) is 0.798. The van der Waals surface area contributed by atoms with Gasteiger partial charge < -0.3 is 20.3 Å². The fraction of sp³-hybridized carbons (Fsp3) is 0.400. The molecule has 2 aromatic rings. The predicted octanol–water partition coefficient (Wildman–Crippen LogP) is 0.774. The van der Waals surface area contributed by atoms with Gasteiger partial charge in [0, 0.05) is 39.3 Å². The van der Waals surface area contributed by atoms with E-state index < -0.39 is 0 Å². The fourth-order valence-electron chi connectivity index (χ4n) is 3.05. The van der Waals surface area contributed by atoms with Crippen molar-refractivity contribution in [1.82, 2.24) is 19.6 Å². The van der Waals surface area contributed by atoms with Gasteiger partial charge >= 0.3 is 0 Å². The summed E-state index contributed by atoms with van der Waals surface area (Å²) < 4.78 is 7.12. The largest absolute Gasteiger partial charge is 0.467 e. The lowest BCUT2D eigenvalue weighted by Gasteiger charge is -2.30. The maximum Gasteiger partial charge on any atom is 0.274 e. The van der Waals surface area contributed by atoms with Crippen LogP contribution in [0.2, 0.25) is 0 Å². The van der Waals surface area contributed by atoms with Gasteiger partial charge in [-0.2, -0.15) is 10.4 Å². The third-order valence-corrected chi connectivity index (χ3v) is 4.72. The van der Waals surface area contributed by atoms with Crippen molar-refractivity contribution in [3.8, 4) is 17.6 Å². The van der Waals surface area contributed by atoms with E-state index in [9.17, 15) is 9.59 Å². The van der Waals surface area contributed by atoms with Gasteiger partial charge in [-0.05, 0) is 37.1 Å². The molecule has 1 aliphatic rings. The van der Waals surface area contributed by atoms with Crippen LogP contribution in [0.25, 0.3) is 5.69 Å². The highest BCUT2D eigenvalue weighted by molar-refractivity contribution is 5.93. The minimum absolute atomic E-state index is 0.0401. The van der Waals surface area contributed by atoms with Gasteiger partial charge in [-0.3, -0.25) is 9.59 Å². The first-order valence-corrected chi connectivity index (χ1v) is 9.37. The van der Waals surface area contributed by atoms with Crippen LogP contribution in [0.3, 0.4) is 0 Å². The Morgan fingerprint density at radius 3 is 2.69 bits per heavy atom. The van der Waals surface area contributed by atoms with E-state index >= 15 is 0 Å². The number of piperidine rings is 1. The Morgan fingerprint density at radius 2 is 2.07 bits per heavy atom. The number of carbonyl (C=O) groups is 2. The van der Waals surface area contributed by atoms with Crippen molar-refractivity contribution < 1.29 is 14.3 Å². The van der Waals surface area contributed by atoms with Crippen LogP contribution in [-0.2, 0) is 4.79 Å². The molecular formula is C20H24N6O3. The molecule has 0 bridgehead atoms. The summed E-state index contributed by atoms with van der Waals surface area (Å²) in [5.41, 5.74) is 7.33. The van der Waals surface area contributed by atoms with Crippen LogP contribution in [0.5, 0.6) is 5.88 Å². The number of ether oxygens (including phenoxy) is 1. The number of amides is 2. The third-order valence-electron chi connectivity index (χ3n) is 4.72. The van der Waals surface area contributed by atoms with Gasteiger partial charge in [0.1, 0.15) is 0 Å². The lowest BCUT2D eigenvalue weighted by Crippen LogP contribution is -2.45. The van der Waals surface area contributed by atoms with E-state index in [4.69, 9.17) is 15.7 Å². The molecule has 2 heterocycles. The minimum atomic E-state index is -0.226. The average Bonchev–Trinajstić information content (AvgIpc) is 3.15. The van der Waals surface area contributed by atoms with Crippen LogP contribution in [0.1, 0.15) is 28.9 Å². The van der Waals surface area contributed by atoms with Crippen LogP contribution in [0.15, 0.2) is 30.3 Å². The molecule has 0 unspecified atom stereocenters. The Morgan fingerprint density at radius 1 is 1.34 bits per heavy atom. The van der Waals surface area contributed by atoms with Crippen molar-refractivity contribution in [2.75, 3.05) is 33.8 Å². The number of hydrogen-bond donors (Lipinski definition) is 1. The number of nitriles is 1. The zero-order valence-corrected chi connectivity index (χ0v) is 16.5. The Kier molecular flexibility index (Phi) is 6.14. The first-order chi connectivity index (χ1) is 13.9. The second kappa shape index (κ2) is 8.75. The topological polar surface area (TPSA) is 117 Å². The zero-order valence-electron chi connectivity index (χ0n) is 16.5. The molecule has 0 aliphatic carbocycles. The van der Waals surface area contributed by atoms with Gasteiger partial charge in [-0.25, -0.2) is 4.68 Å². The first kappa shape index (κ1) is 20.4. The highest BCUT2D eigenvalue weighted by Crippen LogP contribution is 2.22. The van der Waals surface area contributed by atoms with E-state index in [1.807, 2.05) is 0 Å². The molecule has 9 nitrogen and oxygen atoms in total. The monoisotopic (exact) mass is 396 g/mol. The summed E-state index contributed by atoms with van der Waals surface area (Å²) in [6, 6.07) is 10.3. The van der Waals surface area contributed by atoms with Gasteiger partial charge in [-0.15, -0.1) is 0 Å². The average molecular weight is 396 g/mol. The molecule has 1 aromatic carbocycles. The standard InChI is InChI=1S/C20H24N6O3/c1-24(2)18(27)13-29-19-10-17(20(28)25-9-3-4-15(22)12-25)23-26(19)16-7-5-14(11-21)6-8-16/h5-8,10,15H,3-4,9,12-13,22H2,1-2H3/t15-/m1/s1. The Bertz CT molecular complexity index is 929. The van der Waals surface area contributed by atoms with Crippen LogP contribution >= 0.6 is 0 Å². The maximum atomic E-state index is 12.9. The smallest absolute Gasteiger partial charge is 0.274 e. The molecule has 1 aliphatic heterocycles. The number of aromatic nitrogens is 2. The Balaban J connectivity index is 1.90. The number of nitrogens with zero attached hydrogens (tertiary/aromatic N) is 5. The van der Waals surface area contributed by atoms with E-state index in [0.29, 0.717) is 24.3 Å². The summed E-state index contributed by atoms with van der Waals surface area (Å²) in [5.74, 6) is -0.168. The van der Waals surface area contributed by atoms with Crippen molar-refractivity contribution in [2.45, 2.75) is 18.9 Å². The van der Waals surface area contributed by atoms with Crippen molar-refractivity contribution in [3.05, 3.63) is 41.6 Å². The van der Waals surface area contributed by atoms with E-state index in [-0.39, 0.29) is 36.0 Å². The highest BCUT2D eigenvalue weighted by atomic mass is 16.5. The van der Waals surface area contributed by atoms with Crippen LogP contribution in [0, 0.1) is 11.3 Å². The van der Waals surface area contributed by atoms with Crippen molar-refractivity contribution in [2.24, 2.45) is 5.73 Å². The second-order valence-corrected chi connectivity index (χ2v) is 7.17. The molecule has 1 atom stereocenters. The molecular weight excluding hydrogens is 372 g/mol. The highest BCUT2D eigenvalue weighted by Gasteiger charge is 2.26. The number of likely N-dealkylation sites (N-methyl/N-ethyl adjacent to an activating group) is 1. The minimum Gasteiger partial charge on any atom is -0.467 e. The van der Waals surface area contributed by atoms with Crippen LogP contribution < -0.4 is 10.5 Å². The number of hydrogen-bond acceptors (Lipinski definition) is 6. The SMILES string of the molecule is CN(C)C(=O)COc1cc(C(=O)N2CCC[C@@H](N)C2)nn1-c1ccc(C#N)cc1. The summed E-state index contributed by atoms with van der Waals surface area (Å²) >= 11 is 0. The molecule has 0 radical (unpaired) electrons. The maximum absolute atomic E-state index is 12.9. The van der Waals surface area contributed by atoms with Crippen molar-refractivity contribution in [1.29, 1.82) is 5.26 Å². The summed E-state index contributed by atoms with van der Waals surface area (Å²) in [6.07, 6.45) is 1.74. The molecule has 9 heteroatoms. The van der Waals surface area contributed by atoms with E-state index in [2.05, 4.69) is 11.2 Å². The van der Waals surface area contributed by atoms with Crippen molar-refractivity contribution >= 4 is 11.8 Å². The number of nitrogens with two attached hydrogens (primary N) is 1. The van der Waals surface area contributed by atoms with E-state index in [1.165, 1.54) is 15.6 Å². The number of likely N-dealkylation sites (tertiary alicyclic amines) is 1. The lowest BCUT2D eigenvalue weighted by molar-refractivity contribution is -0.130. The zero-order chi connectivity index (χ0) is 21.0. The van der Waals surface area contributed by atoms with Gasteiger partial charge in [0.15, 0.2) is 12.3 Å². The summed E-state index contributed by atoms with van der Waals surface area (Å²) in [6.45, 7) is 0.931. The van der Waals surface area contributed by atoms with Gasteiger partial charge in [0.25, 0.3) is 11.8 Å². The molecule has 29 heavy (non-hydrogen) atoms. The van der Waals surface area contributed by atoms with Crippen molar-refractivity contribution in [3.63, 3.8) is 0 Å². The van der Waals surface area contributed by atoms with E-state index in [1.54, 1.807) is 43.3 Å². The van der Waals surface area contributed by atoms with Gasteiger partial charge in [0.2, 0.25) is 5.88 Å². The summed E-state index contributed by atoms with van der Waals surface area (Å²) in [4.78, 5) is 27.9. The van der Waals surface area contributed by atoms with E-state index in [0.717, 1.165) is 12.8 Å². The summed E-state index contributed by atoms with van der Waals surface area (Å²) in [5, 5.41) is 13.4. The van der Waals surface area contributed by atoms with Crippen LogP contribution in [0.4, 0.5) is 0 Å². The normalized spacial score (nSPS) is 16.2. The Labute approximate surface area is 169 Å². The molecule has 3 rings (SSSR count). The fourth-order valence-corrected chi connectivity index (χ4v) is 3.05. The predicted molar refractivity (Wildman–Crippen MR) is 106 cm³/mol. The number of benzene rings is 1. The Hall–Kier alpha value is -3.38. The van der Waals surface area contributed by atoms with Gasteiger partial charge in [0.05, 0.1) is 17.3 Å². The first-order valence-electron chi connectivity index (χ1n) is 9.37. The molecule has 152 valence electrons. The molecule has 1 fully saturated rings. The molecule has 1 saturated heterocycles. The lowest BCUT2D eigenvalue weighted by atomic mass is 10.1. The molecule has 1 aromatic heterocycles.